The van der Waals surface area contributed by atoms with Crippen LogP contribution in [0.3, 0.4) is 0 Å². The molecule has 0 saturated heterocycles. The second kappa shape index (κ2) is 8.93. The first kappa shape index (κ1) is 18.6. The van der Waals surface area contributed by atoms with Gasteiger partial charge >= 0.3 is 0 Å². The lowest BCUT2D eigenvalue weighted by Crippen LogP contribution is -2.22. The average molecular weight is 385 g/mol. The summed E-state index contributed by atoms with van der Waals surface area (Å²) in [7, 11) is 0. The number of fused-ring (bicyclic) bond motifs is 1. The highest BCUT2D eigenvalue weighted by atomic mass is 16.5. The van der Waals surface area contributed by atoms with Gasteiger partial charge in [0.25, 0.3) is 0 Å². The molecular weight excluding hydrogens is 362 g/mol. The lowest BCUT2D eigenvalue weighted by molar-refractivity contribution is 0.483. The molecule has 0 unspecified atom stereocenters. The lowest BCUT2D eigenvalue weighted by Gasteiger charge is -2.09. The molecule has 3 aromatic carbocycles. The zero-order valence-corrected chi connectivity index (χ0v) is 16.0. The Hall–Kier alpha value is -3.80. The van der Waals surface area contributed by atoms with Crippen molar-refractivity contribution in [3.05, 3.63) is 84.7 Å². The summed E-state index contributed by atoms with van der Waals surface area (Å²) in [6.07, 6.45) is 1.69. The van der Waals surface area contributed by atoms with Crippen LogP contribution in [-0.2, 0) is 6.42 Å². The number of hydrogen-bond donors (Lipinski definition) is 3. The number of imidazole rings is 1. The quantitative estimate of drug-likeness (QED) is 0.244. The van der Waals surface area contributed by atoms with Gasteiger partial charge in [-0.25, -0.2) is 4.98 Å². The number of aromatic amines is 1. The van der Waals surface area contributed by atoms with Crippen molar-refractivity contribution in [3.63, 3.8) is 0 Å². The Bertz CT molecular complexity index is 1070. The number of nitrogens with zero attached hydrogens (tertiary/aromatic N) is 2. The van der Waals surface area contributed by atoms with Crippen molar-refractivity contribution in [2.45, 2.75) is 12.8 Å². The summed E-state index contributed by atoms with van der Waals surface area (Å²) in [6.45, 7) is 0.621. The van der Waals surface area contributed by atoms with Gasteiger partial charge < -0.3 is 20.8 Å². The molecule has 0 amide bonds. The lowest BCUT2D eigenvalue weighted by atomic mass is 10.3. The number of aryl methyl sites for hydroxylation is 1. The zero-order valence-electron chi connectivity index (χ0n) is 16.0. The highest BCUT2D eigenvalue weighted by Crippen LogP contribution is 2.23. The molecule has 146 valence electrons. The van der Waals surface area contributed by atoms with Crippen molar-refractivity contribution in [3.8, 4) is 11.5 Å². The standard InChI is InChI=1S/C23H23N5O/c24-23(25-15-7-14-22-27-20-12-4-5-13-21(20)28-22)26-17-8-6-11-19(16-17)29-18-9-2-1-3-10-18/h1-6,8-13,16H,7,14-15H2,(H,27,28)(H3,24,25,26). The normalized spacial score (nSPS) is 11.5. The zero-order chi connectivity index (χ0) is 19.9. The van der Waals surface area contributed by atoms with E-state index in [0.29, 0.717) is 12.5 Å². The van der Waals surface area contributed by atoms with E-state index in [2.05, 4.69) is 20.3 Å². The molecular formula is C23H23N5O. The number of anilines is 1. The molecule has 6 nitrogen and oxygen atoms in total. The number of nitrogens with one attached hydrogen (secondary N) is 2. The van der Waals surface area contributed by atoms with E-state index < -0.39 is 0 Å². The Kier molecular flexibility index (Phi) is 5.71. The molecule has 0 spiro atoms. The van der Waals surface area contributed by atoms with Gasteiger partial charge in [0.2, 0.25) is 0 Å². The van der Waals surface area contributed by atoms with Crippen molar-refractivity contribution in [2.75, 3.05) is 11.9 Å². The molecule has 0 bridgehead atoms. The van der Waals surface area contributed by atoms with Crippen LogP contribution in [0, 0.1) is 0 Å². The van der Waals surface area contributed by atoms with E-state index in [0.717, 1.165) is 46.9 Å². The summed E-state index contributed by atoms with van der Waals surface area (Å²) in [6, 6.07) is 25.3. The van der Waals surface area contributed by atoms with Crippen LogP contribution in [0.5, 0.6) is 11.5 Å². The van der Waals surface area contributed by atoms with Gasteiger partial charge in [-0.05, 0) is 42.8 Å². The Morgan fingerprint density at radius 3 is 2.62 bits per heavy atom. The Morgan fingerprint density at radius 1 is 0.966 bits per heavy atom. The number of para-hydroxylation sites is 3. The third-order valence-electron chi connectivity index (χ3n) is 4.38. The minimum absolute atomic E-state index is 0.381. The van der Waals surface area contributed by atoms with Gasteiger partial charge in [-0.1, -0.05) is 36.4 Å². The van der Waals surface area contributed by atoms with Gasteiger partial charge in [-0.15, -0.1) is 0 Å². The van der Waals surface area contributed by atoms with Gasteiger partial charge in [-0.3, -0.25) is 4.99 Å². The highest BCUT2D eigenvalue weighted by Gasteiger charge is 2.02. The van der Waals surface area contributed by atoms with Crippen molar-refractivity contribution < 1.29 is 4.74 Å². The van der Waals surface area contributed by atoms with Crippen LogP contribution in [0.1, 0.15) is 12.2 Å². The van der Waals surface area contributed by atoms with E-state index in [4.69, 9.17) is 10.5 Å². The molecule has 0 aliphatic heterocycles. The fraction of sp³-hybridized carbons (Fsp3) is 0.130. The number of rotatable bonds is 7. The predicted molar refractivity (Wildman–Crippen MR) is 117 cm³/mol. The maximum absolute atomic E-state index is 6.02. The minimum atomic E-state index is 0.381. The molecule has 4 rings (SSSR count). The maximum Gasteiger partial charge on any atom is 0.193 e. The van der Waals surface area contributed by atoms with E-state index in [-0.39, 0.29) is 0 Å². The largest absolute Gasteiger partial charge is 0.457 e. The van der Waals surface area contributed by atoms with Crippen LogP contribution in [0.25, 0.3) is 11.0 Å². The van der Waals surface area contributed by atoms with Crippen LogP contribution in [-0.4, -0.2) is 22.5 Å². The van der Waals surface area contributed by atoms with Crippen molar-refractivity contribution in [2.24, 2.45) is 10.7 Å². The Labute approximate surface area is 169 Å². The fourth-order valence-electron chi connectivity index (χ4n) is 3.02. The molecule has 1 aromatic heterocycles. The van der Waals surface area contributed by atoms with Crippen LogP contribution in [0.15, 0.2) is 83.9 Å². The first-order chi connectivity index (χ1) is 14.3. The molecule has 0 atom stereocenters. The fourth-order valence-corrected chi connectivity index (χ4v) is 3.02. The van der Waals surface area contributed by atoms with Gasteiger partial charge in [0.05, 0.1) is 11.0 Å². The monoisotopic (exact) mass is 385 g/mol. The van der Waals surface area contributed by atoms with Crippen LogP contribution < -0.4 is 15.8 Å². The molecule has 6 heteroatoms. The smallest absolute Gasteiger partial charge is 0.193 e. The summed E-state index contributed by atoms with van der Waals surface area (Å²) < 4.78 is 5.84. The van der Waals surface area contributed by atoms with Crippen molar-refractivity contribution in [1.29, 1.82) is 0 Å². The van der Waals surface area contributed by atoms with E-state index in [1.54, 1.807) is 0 Å². The molecule has 29 heavy (non-hydrogen) atoms. The molecule has 0 aliphatic carbocycles. The minimum Gasteiger partial charge on any atom is -0.457 e. The first-order valence-electron chi connectivity index (χ1n) is 9.60. The van der Waals surface area contributed by atoms with E-state index in [9.17, 15) is 0 Å². The molecule has 4 aromatic rings. The topological polar surface area (TPSA) is 88.3 Å². The summed E-state index contributed by atoms with van der Waals surface area (Å²) in [5, 5.41) is 3.11. The molecule has 4 N–H and O–H groups in total. The third-order valence-corrected chi connectivity index (χ3v) is 4.38. The van der Waals surface area contributed by atoms with Gasteiger partial charge in [-0.2, -0.15) is 0 Å². The van der Waals surface area contributed by atoms with Gasteiger partial charge in [0, 0.05) is 24.7 Å². The van der Waals surface area contributed by atoms with Gasteiger partial charge in [0.15, 0.2) is 5.96 Å². The molecule has 1 heterocycles. The first-order valence-corrected chi connectivity index (χ1v) is 9.60. The number of aliphatic imine (C=N–C) groups is 1. The number of ether oxygens (including phenoxy) is 1. The summed E-state index contributed by atoms with van der Waals surface area (Å²) in [5.41, 5.74) is 8.90. The summed E-state index contributed by atoms with van der Waals surface area (Å²) in [4.78, 5) is 12.3. The average Bonchev–Trinajstić information content (AvgIpc) is 3.15. The molecule has 0 aliphatic rings. The second-order valence-corrected chi connectivity index (χ2v) is 6.64. The Morgan fingerprint density at radius 2 is 1.76 bits per heavy atom. The van der Waals surface area contributed by atoms with Crippen LogP contribution in [0.4, 0.5) is 5.69 Å². The highest BCUT2D eigenvalue weighted by molar-refractivity contribution is 5.92. The second-order valence-electron chi connectivity index (χ2n) is 6.64. The molecule has 0 radical (unpaired) electrons. The Balaban J connectivity index is 1.28. The summed E-state index contributed by atoms with van der Waals surface area (Å²) in [5.74, 6) is 2.88. The van der Waals surface area contributed by atoms with E-state index in [1.807, 2.05) is 78.9 Å². The molecule has 0 saturated carbocycles. The number of guanidine groups is 1. The number of nitrogens with two attached hydrogens (primary N) is 1. The number of H-pyrrole nitrogens is 1. The van der Waals surface area contributed by atoms with E-state index >= 15 is 0 Å². The SMILES string of the molecule is NC(=NCCCc1nc2ccccc2[nH]1)Nc1cccc(Oc2ccccc2)c1. The van der Waals surface area contributed by atoms with Crippen molar-refractivity contribution in [1.82, 2.24) is 9.97 Å². The van der Waals surface area contributed by atoms with E-state index in [1.165, 1.54) is 0 Å². The maximum atomic E-state index is 6.02. The van der Waals surface area contributed by atoms with Gasteiger partial charge in [0.1, 0.15) is 17.3 Å². The number of benzene rings is 3. The third kappa shape index (κ3) is 5.13. The number of aromatic nitrogens is 2. The predicted octanol–water partition coefficient (Wildman–Crippen LogP) is 4.71. The van der Waals surface area contributed by atoms with Crippen LogP contribution >= 0.6 is 0 Å². The van der Waals surface area contributed by atoms with Crippen LogP contribution in [0.2, 0.25) is 0 Å². The van der Waals surface area contributed by atoms with Crippen molar-refractivity contribution >= 4 is 22.7 Å². The number of hydrogen-bond acceptors (Lipinski definition) is 3. The molecule has 0 fully saturated rings. The summed E-state index contributed by atoms with van der Waals surface area (Å²) >= 11 is 0.